The highest BCUT2D eigenvalue weighted by Crippen LogP contribution is 2.70. The molecule has 3 rings (SSSR count). The lowest BCUT2D eigenvalue weighted by Crippen LogP contribution is -2.31. The monoisotopic (exact) mass is 355 g/mol. The van der Waals surface area contributed by atoms with E-state index in [9.17, 15) is 4.57 Å². The molecule has 1 aromatic rings. The van der Waals surface area contributed by atoms with E-state index in [2.05, 4.69) is 80.9 Å². The first-order valence-corrected chi connectivity index (χ1v) is 11.3. The van der Waals surface area contributed by atoms with Crippen molar-refractivity contribution >= 4 is 7.29 Å². The van der Waals surface area contributed by atoms with E-state index in [0.29, 0.717) is 0 Å². The molecule has 25 heavy (non-hydrogen) atoms. The summed E-state index contributed by atoms with van der Waals surface area (Å²) in [6.45, 7) is 10.2. The minimum absolute atomic E-state index is 0.00606. The summed E-state index contributed by atoms with van der Waals surface area (Å²) in [5.74, 6) is 0. The van der Waals surface area contributed by atoms with Gasteiger partial charge in [0.15, 0.2) is 7.29 Å². The summed E-state index contributed by atoms with van der Waals surface area (Å²) in [5.41, 5.74) is 5.12. The first-order chi connectivity index (χ1) is 12.0. The van der Waals surface area contributed by atoms with Gasteiger partial charge in [0.05, 0.1) is 11.3 Å². The highest BCUT2D eigenvalue weighted by Gasteiger charge is 2.47. The van der Waals surface area contributed by atoms with E-state index in [1.807, 2.05) is 0 Å². The quantitative estimate of drug-likeness (QED) is 0.468. The van der Waals surface area contributed by atoms with Gasteiger partial charge in [0.2, 0.25) is 0 Å². The maximum atomic E-state index is 14.9. The Morgan fingerprint density at radius 3 is 2.48 bits per heavy atom. The fraction of sp³-hybridized carbons (Fsp3) is 0.455. The standard InChI is InChI=1S/C22H30NOP/c1-5-23(6-2)25(24,21-14-10-7-11-17(21)3)22-18(4)15-16-19-12-8-9-13-20(19)22/h8-15,21-22H,5-7,16H2,1-4H3. The average Bonchev–Trinajstić information content (AvgIpc) is 2.62. The molecule has 0 fully saturated rings. The second-order valence-corrected chi connectivity index (χ2v) is 10.1. The molecule has 1 aromatic carbocycles. The molecule has 2 aliphatic carbocycles. The van der Waals surface area contributed by atoms with Crippen molar-refractivity contribution in [3.8, 4) is 0 Å². The van der Waals surface area contributed by atoms with Crippen molar-refractivity contribution < 1.29 is 4.57 Å². The van der Waals surface area contributed by atoms with Crippen molar-refractivity contribution in [1.82, 2.24) is 4.67 Å². The van der Waals surface area contributed by atoms with E-state index in [-0.39, 0.29) is 11.3 Å². The van der Waals surface area contributed by atoms with Crippen LogP contribution in [0.5, 0.6) is 0 Å². The molecule has 0 amide bonds. The van der Waals surface area contributed by atoms with Gasteiger partial charge < -0.3 is 4.57 Å². The zero-order valence-electron chi connectivity index (χ0n) is 15.9. The van der Waals surface area contributed by atoms with Crippen molar-refractivity contribution in [2.45, 2.75) is 51.9 Å². The Morgan fingerprint density at radius 2 is 1.80 bits per heavy atom. The number of hydrogen-bond acceptors (Lipinski definition) is 1. The van der Waals surface area contributed by atoms with Crippen LogP contribution < -0.4 is 0 Å². The number of hydrogen-bond donors (Lipinski definition) is 0. The molecule has 2 aliphatic rings. The highest BCUT2D eigenvalue weighted by molar-refractivity contribution is 7.63. The predicted molar refractivity (Wildman–Crippen MR) is 108 cm³/mol. The van der Waals surface area contributed by atoms with E-state index < -0.39 is 7.29 Å². The zero-order chi connectivity index (χ0) is 18.0. The third-order valence-electron chi connectivity index (χ3n) is 5.73. The van der Waals surface area contributed by atoms with Crippen molar-refractivity contribution in [1.29, 1.82) is 0 Å². The van der Waals surface area contributed by atoms with Crippen molar-refractivity contribution in [2.24, 2.45) is 0 Å². The molecule has 0 saturated heterocycles. The lowest BCUT2D eigenvalue weighted by atomic mass is 9.92. The van der Waals surface area contributed by atoms with Crippen LogP contribution in [0.3, 0.4) is 0 Å². The van der Waals surface area contributed by atoms with Gasteiger partial charge in [-0.25, -0.2) is 0 Å². The molecule has 3 heteroatoms. The van der Waals surface area contributed by atoms with E-state index in [1.165, 1.54) is 22.3 Å². The van der Waals surface area contributed by atoms with Crippen LogP contribution in [0.2, 0.25) is 0 Å². The lowest BCUT2D eigenvalue weighted by Gasteiger charge is -2.43. The number of rotatable bonds is 5. The molecule has 3 atom stereocenters. The van der Waals surface area contributed by atoms with Gasteiger partial charge in [0.25, 0.3) is 0 Å². The molecule has 134 valence electrons. The van der Waals surface area contributed by atoms with Crippen LogP contribution in [0, 0.1) is 0 Å². The molecule has 0 radical (unpaired) electrons. The minimum Gasteiger partial charge on any atom is -0.305 e. The maximum Gasteiger partial charge on any atom is 0.171 e. The van der Waals surface area contributed by atoms with Gasteiger partial charge in [-0.1, -0.05) is 73.6 Å². The van der Waals surface area contributed by atoms with Crippen LogP contribution in [0.4, 0.5) is 0 Å². The number of fused-ring (bicyclic) bond motifs is 1. The lowest BCUT2D eigenvalue weighted by molar-refractivity contribution is 0.432. The molecule has 0 saturated carbocycles. The molecule has 0 heterocycles. The summed E-state index contributed by atoms with van der Waals surface area (Å²) in [6, 6.07) is 8.57. The van der Waals surface area contributed by atoms with Gasteiger partial charge >= 0.3 is 0 Å². The van der Waals surface area contributed by atoms with Gasteiger partial charge in [-0.15, -0.1) is 0 Å². The van der Waals surface area contributed by atoms with Crippen molar-refractivity contribution in [2.75, 3.05) is 13.1 Å². The first-order valence-electron chi connectivity index (χ1n) is 9.46. The first kappa shape index (κ1) is 18.4. The largest absolute Gasteiger partial charge is 0.305 e. The molecular weight excluding hydrogens is 325 g/mol. The molecular formula is C22H30NOP. The topological polar surface area (TPSA) is 20.3 Å². The highest BCUT2D eigenvalue weighted by atomic mass is 31.2. The van der Waals surface area contributed by atoms with Gasteiger partial charge in [0, 0.05) is 13.1 Å². The number of allylic oxidation sites excluding steroid dienone is 6. The van der Waals surface area contributed by atoms with Gasteiger partial charge in [-0.05, 0) is 37.8 Å². The Labute approximate surface area is 152 Å². The van der Waals surface area contributed by atoms with Crippen LogP contribution in [0.25, 0.3) is 0 Å². The average molecular weight is 355 g/mol. The van der Waals surface area contributed by atoms with Crippen LogP contribution >= 0.6 is 7.29 Å². The van der Waals surface area contributed by atoms with E-state index in [1.54, 1.807) is 0 Å². The Kier molecular flexibility index (Phi) is 5.51. The Hall–Kier alpha value is -1.37. The van der Waals surface area contributed by atoms with Crippen LogP contribution in [0.15, 0.2) is 59.7 Å². The summed E-state index contributed by atoms with van der Waals surface area (Å²) in [5, 5.41) is 0. The molecule has 0 N–H and O–H groups in total. The molecule has 0 bridgehead atoms. The van der Waals surface area contributed by atoms with E-state index in [0.717, 1.165) is 25.9 Å². The van der Waals surface area contributed by atoms with Crippen LogP contribution in [0.1, 0.15) is 50.9 Å². The maximum absolute atomic E-state index is 14.9. The number of nitrogens with zero attached hydrogens (tertiary/aromatic N) is 1. The van der Waals surface area contributed by atoms with Crippen molar-refractivity contribution in [3.63, 3.8) is 0 Å². The minimum atomic E-state index is -2.71. The third kappa shape index (κ3) is 3.11. The fourth-order valence-corrected chi connectivity index (χ4v) is 8.70. The Balaban J connectivity index is 2.21. The second kappa shape index (κ2) is 7.48. The predicted octanol–water partition coefficient (Wildman–Crippen LogP) is 6.12. The summed E-state index contributed by atoms with van der Waals surface area (Å²) in [7, 11) is -2.71. The normalized spacial score (nSPS) is 25.2. The van der Waals surface area contributed by atoms with Gasteiger partial charge in [0.1, 0.15) is 0 Å². The molecule has 0 aromatic heterocycles. The van der Waals surface area contributed by atoms with Gasteiger partial charge in [-0.3, -0.25) is 4.67 Å². The third-order valence-corrected chi connectivity index (χ3v) is 9.98. The second-order valence-electron chi connectivity index (χ2n) is 7.12. The zero-order valence-corrected chi connectivity index (χ0v) is 16.8. The summed E-state index contributed by atoms with van der Waals surface area (Å²) >= 11 is 0. The van der Waals surface area contributed by atoms with Crippen molar-refractivity contribution in [3.05, 3.63) is 70.8 Å². The van der Waals surface area contributed by atoms with E-state index >= 15 is 0 Å². The number of benzene rings is 1. The fourth-order valence-electron chi connectivity index (χ4n) is 4.42. The molecule has 0 spiro atoms. The summed E-state index contributed by atoms with van der Waals surface area (Å²) in [6.07, 6.45) is 10.8. The van der Waals surface area contributed by atoms with Crippen LogP contribution in [-0.2, 0) is 11.0 Å². The van der Waals surface area contributed by atoms with Gasteiger partial charge in [-0.2, -0.15) is 0 Å². The summed E-state index contributed by atoms with van der Waals surface area (Å²) < 4.78 is 17.1. The molecule has 2 nitrogen and oxygen atoms in total. The van der Waals surface area contributed by atoms with E-state index in [4.69, 9.17) is 0 Å². The molecule has 0 aliphatic heterocycles. The molecule has 3 unspecified atom stereocenters. The summed E-state index contributed by atoms with van der Waals surface area (Å²) in [4.78, 5) is 0. The Morgan fingerprint density at radius 1 is 1.08 bits per heavy atom. The van der Waals surface area contributed by atoms with Crippen LogP contribution in [-0.4, -0.2) is 23.4 Å². The SMILES string of the molecule is CCN(CC)P(=O)(C1C=CCC=C1C)C1C(C)=CCc2ccccc21. The smallest absolute Gasteiger partial charge is 0.171 e. The Bertz CT molecular complexity index is 770.